The molecule has 0 spiro atoms. The van der Waals surface area contributed by atoms with Crippen LogP contribution in [0.4, 0.5) is 9.59 Å². The highest BCUT2D eigenvalue weighted by Gasteiger charge is 2.63. The molecule has 2 N–H and O–H groups in total. The molecule has 4 aliphatic rings. The molecule has 28 heavy (non-hydrogen) atoms. The van der Waals surface area contributed by atoms with Crippen LogP contribution >= 0.6 is 0 Å². The summed E-state index contributed by atoms with van der Waals surface area (Å²) >= 11 is 0. The fourth-order valence-electron chi connectivity index (χ4n) is 4.98. The predicted molar refractivity (Wildman–Crippen MR) is 101 cm³/mol. The number of ether oxygens (including phenoxy) is 1. The van der Waals surface area contributed by atoms with Crippen LogP contribution < -0.4 is 10.6 Å². The van der Waals surface area contributed by atoms with Gasteiger partial charge in [-0.25, -0.2) is 19.5 Å². The summed E-state index contributed by atoms with van der Waals surface area (Å²) in [6.45, 7) is 4.62. The van der Waals surface area contributed by atoms with Gasteiger partial charge >= 0.3 is 12.1 Å². The van der Waals surface area contributed by atoms with Gasteiger partial charge in [0.25, 0.3) is 11.6 Å². The van der Waals surface area contributed by atoms with Crippen molar-refractivity contribution in [2.45, 2.75) is 69.5 Å². The molecule has 0 aromatic carbocycles. The number of hydrogen-bond donors (Lipinski definition) is 2. The van der Waals surface area contributed by atoms with Gasteiger partial charge in [0.2, 0.25) is 0 Å². The van der Waals surface area contributed by atoms with E-state index >= 15 is 0 Å². The summed E-state index contributed by atoms with van der Waals surface area (Å²) in [5.74, 6) is -0.635. The maximum Gasteiger partial charge on any atom is 0.334 e. The van der Waals surface area contributed by atoms with Crippen molar-refractivity contribution in [3.05, 3.63) is 0 Å². The highest BCUT2D eigenvalue weighted by Crippen LogP contribution is 2.39. The van der Waals surface area contributed by atoms with Gasteiger partial charge in [-0.2, -0.15) is 0 Å². The Morgan fingerprint density at radius 2 is 1.93 bits per heavy atom. The van der Waals surface area contributed by atoms with Crippen molar-refractivity contribution in [3.63, 3.8) is 0 Å². The second kappa shape index (κ2) is 7.00. The summed E-state index contributed by atoms with van der Waals surface area (Å²) < 4.78 is 5.55. The Kier molecular flexibility index (Phi) is 4.78. The molecule has 4 unspecified atom stereocenters. The monoisotopic (exact) mass is 392 g/mol. The number of fused-ring (bicyclic) bond motifs is 3. The Hall–Kier alpha value is -2.20. The average Bonchev–Trinajstić information content (AvgIpc) is 3.23. The molecule has 5 amide bonds. The van der Waals surface area contributed by atoms with E-state index in [1.165, 1.54) is 7.11 Å². The molecule has 3 fully saturated rings. The first-order chi connectivity index (χ1) is 13.4. The van der Waals surface area contributed by atoms with E-state index in [0.29, 0.717) is 25.2 Å². The first-order valence-electron chi connectivity index (χ1n) is 10.0. The number of nitrogens with one attached hydrogen (secondary N) is 2. The third-order valence-electron chi connectivity index (χ3n) is 6.45. The predicted octanol–water partition coefficient (Wildman–Crippen LogP) is 0.296. The second-order valence-corrected chi connectivity index (χ2v) is 7.81. The van der Waals surface area contributed by atoms with Gasteiger partial charge in [-0.05, 0) is 39.5 Å². The first-order valence-corrected chi connectivity index (χ1v) is 10.0. The zero-order valence-corrected chi connectivity index (χ0v) is 16.6. The van der Waals surface area contributed by atoms with E-state index in [-0.39, 0.29) is 6.04 Å². The third-order valence-corrected chi connectivity index (χ3v) is 6.45. The van der Waals surface area contributed by atoms with E-state index in [9.17, 15) is 14.4 Å². The Morgan fingerprint density at radius 1 is 1.29 bits per heavy atom. The average molecular weight is 392 g/mol. The zero-order valence-electron chi connectivity index (χ0n) is 16.6. The van der Waals surface area contributed by atoms with E-state index in [1.807, 2.05) is 18.7 Å². The number of hydrogen-bond acceptors (Lipinski definition) is 7. The largest absolute Gasteiger partial charge is 0.346 e. The molecule has 2 bridgehead atoms. The molecule has 4 atom stereocenters. The molecular weight excluding hydrogens is 364 g/mol. The number of carbonyl (C=O) groups excluding carboxylic acids is 3. The highest BCUT2D eigenvalue weighted by molar-refractivity contribution is 6.09. The molecule has 0 aromatic rings. The molecule has 0 aromatic heterocycles. The summed E-state index contributed by atoms with van der Waals surface area (Å²) in [5.41, 5.74) is -1.64. The number of amides is 5. The fourth-order valence-corrected chi connectivity index (χ4v) is 4.98. The van der Waals surface area contributed by atoms with Gasteiger partial charge in [0.15, 0.2) is 6.17 Å². The molecule has 10 nitrogen and oxygen atoms in total. The van der Waals surface area contributed by atoms with Crippen LogP contribution in [0.1, 0.15) is 39.5 Å². The van der Waals surface area contributed by atoms with Gasteiger partial charge < -0.3 is 19.9 Å². The lowest BCUT2D eigenvalue weighted by Crippen LogP contribution is -2.75. The number of imide groups is 2. The summed E-state index contributed by atoms with van der Waals surface area (Å²) in [6, 6.07) is -0.277. The standard InChI is InChI=1S/C18H28N6O4/c1-4-22(5-2)17(27)24-15-18(28-3,14(25)21-16(24)26)19-10-23(15)13-8-11-6-7-12(9-13)20-11/h10-13,15,20H,4-9H2,1-3H3,(H,21,25,26). The maximum absolute atomic E-state index is 13.2. The SMILES string of the molecule is CCN(CC)C(=O)N1C(=O)NC(=O)C2(OC)N=CN(C3CC4CCC(C3)N4)C12. The molecule has 10 heteroatoms. The Morgan fingerprint density at radius 3 is 2.50 bits per heavy atom. The van der Waals surface area contributed by atoms with Crippen LogP contribution in [-0.2, 0) is 9.53 Å². The molecule has 0 radical (unpaired) electrons. The number of methoxy groups -OCH3 is 1. The molecule has 4 heterocycles. The van der Waals surface area contributed by atoms with Crippen molar-refractivity contribution in [3.8, 4) is 0 Å². The lowest BCUT2D eigenvalue weighted by molar-refractivity contribution is -0.158. The van der Waals surface area contributed by atoms with E-state index in [0.717, 1.165) is 30.6 Å². The number of aliphatic imine (C=N–C) groups is 1. The molecule has 3 saturated heterocycles. The van der Waals surface area contributed by atoms with Crippen molar-refractivity contribution in [1.29, 1.82) is 0 Å². The van der Waals surface area contributed by atoms with Crippen molar-refractivity contribution in [2.24, 2.45) is 4.99 Å². The topological polar surface area (TPSA) is 107 Å². The number of rotatable bonds is 4. The summed E-state index contributed by atoms with van der Waals surface area (Å²) in [6.07, 6.45) is 4.66. The zero-order chi connectivity index (χ0) is 20.1. The normalized spacial score (nSPS) is 36.5. The molecule has 154 valence electrons. The Balaban J connectivity index is 1.71. The molecule has 4 rings (SSSR count). The van der Waals surface area contributed by atoms with E-state index in [4.69, 9.17) is 4.74 Å². The number of piperidine rings is 1. The van der Waals surface area contributed by atoms with Crippen molar-refractivity contribution < 1.29 is 19.1 Å². The maximum atomic E-state index is 13.2. The van der Waals surface area contributed by atoms with Crippen molar-refractivity contribution >= 4 is 24.3 Å². The van der Waals surface area contributed by atoms with Gasteiger partial charge in [-0.3, -0.25) is 10.1 Å². The van der Waals surface area contributed by atoms with E-state index in [2.05, 4.69) is 15.6 Å². The second-order valence-electron chi connectivity index (χ2n) is 7.81. The van der Waals surface area contributed by atoms with E-state index in [1.54, 1.807) is 11.2 Å². The lowest BCUT2D eigenvalue weighted by atomic mass is 9.96. The molecular formula is C18H28N6O4. The number of carbonyl (C=O) groups is 3. The lowest BCUT2D eigenvalue weighted by Gasteiger charge is -2.48. The van der Waals surface area contributed by atoms with Gasteiger partial charge in [0.1, 0.15) is 0 Å². The van der Waals surface area contributed by atoms with Gasteiger partial charge in [-0.1, -0.05) is 0 Å². The Bertz CT molecular complexity index is 698. The minimum Gasteiger partial charge on any atom is -0.346 e. The van der Waals surface area contributed by atoms with Gasteiger partial charge in [0, 0.05) is 38.3 Å². The van der Waals surface area contributed by atoms with Crippen LogP contribution in [-0.4, -0.2) is 89.2 Å². The summed E-state index contributed by atoms with van der Waals surface area (Å²) in [4.78, 5) is 47.6. The van der Waals surface area contributed by atoms with Crippen LogP contribution in [0.25, 0.3) is 0 Å². The molecule has 4 aliphatic heterocycles. The minimum absolute atomic E-state index is 0.0789. The molecule has 0 aliphatic carbocycles. The van der Waals surface area contributed by atoms with Crippen LogP contribution in [0.2, 0.25) is 0 Å². The molecule has 0 saturated carbocycles. The van der Waals surface area contributed by atoms with Crippen LogP contribution in [0.3, 0.4) is 0 Å². The van der Waals surface area contributed by atoms with Crippen LogP contribution in [0.5, 0.6) is 0 Å². The number of nitrogens with zero attached hydrogens (tertiary/aromatic N) is 4. The quantitative estimate of drug-likeness (QED) is 0.713. The smallest absolute Gasteiger partial charge is 0.334 e. The van der Waals surface area contributed by atoms with E-state index < -0.39 is 29.9 Å². The summed E-state index contributed by atoms with van der Waals surface area (Å²) in [5, 5.41) is 5.84. The van der Waals surface area contributed by atoms with Crippen LogP contribution in [0.15, 0.2) is 4.99 Å². The fraction of sp³-hybridized carbons (Fsp3) is 0.778. The first kappa shape index (κ1) is 19.1. The van der Waals surface area contributed by atoms with Gasteiger partial charge in [-0.15, -0.1) is 0 Å². The van der Waals surface area contributed by atoms with Crippen molar-refractivity contribution in [2.75, 3.05) is 20.2 Å². The highest BCUT2D eigenvalue weighted by atomic mass is 16.5. The van der Waals surface area contributed by atoms with Gasteiger partial charge in [0.05, 0.1) is 6.34 Å². The van der Waals surface area contributed by atoms with Crippen molar-refractivity contribution in [1.82, 2.24) is 25.3 Å². The minimum atomic E-state index is -1.64. The third kappa shape index (κ3) is 2.69. The van der Waals surface area contributed by atoms with Crippen LogP contribution in [0, 0.1) is 0 Å². The number of urea groups is 2. The Labute approximate surface area is 164 Å². The summed E-state index contributed by atoms with van der Waals surface area (Å²) in [7, 11) is 1.38.